The minimum Gasteiger partial charge on any atom is -0.364 e. The summed E-state index contributed by atoms with van der Waals surface area (Å²) < 4.78 is 4.68. The van der Waals surface area contributed by atoms with E-state index in [9.17, 15) is 4.79 Å². The molecule has 1 aromatic heterocycles. The summed E-state index contributed by atoms with van der Waals surface area (Å²) in [5.74, 6) is 5.30. The quantitative estimate of drug-likeness (QED) is 0.841. The summed E-state index contributed by atoms with van der Waals surface area (Å²) in [4.78, 5) is 11.9. The van der Waals surface area contributed by atoms with E-state index in [0.29, 0.717) is 28.4 Å². The third-order valence-electron chi connectivity index (χ3n) is 2.48. The van der Waals surface area contributed by atoms with Gasteiger partial charge in [0.1, 0.15) is 12.0 Å². The van der Waals surface area contributed by atoms with E-state index in [1.54, 1.807) is 24.3 Å². The summed E-state index contributed by atoms with van der Waals surface area (Å²) in [6.07, 6.45) is 1.45. The number of benzene rings is 1. The monoisotopic (exact) mass is 289 g/mol. The van der Waals surface area contributed by atoms with Gasteiger partial charge in [-0.05, 0) is 18.2 Å². The van der Waals surface area contributed by atoms with Crippen molar-refractivity contribution in [1.29, 1.82) is 0 Å². The minimum absolute atomic E-state index is 0.242. The van der Waals surface area contributed by atoms with Gasteiger partial charge in [-0.2, -0.15) is 0 Å². The molecule has 1 amide bonds. The molecule has 0 bridgehead atoms. The van der Waals surface area contributed by atoms with Gasteiger partial charge in [0.15, 0.2) is 0 Å². The Morgan fingerprint density at radius 3 is 2.95 bits per heavy atom. The van der Waals surface area contributed by atoms with Crippen LogP contribution in [0.2, 0.25) is 5.02 Å². The molecule has 2 aromatic rings. The van der Waals surface area contributed by atoms with Crippen molar-refractivity contribution in [2.24, 2.45) is 5.73 Å². The summed E-state index contributed by atoms with van der Waals surface area (Å²) >= 11 is 6.06. The van der Waals surface area contributed by atoms with Gasteiger partial charge in [-0.15, -0.1) is 0 Å². The molecule has 0 spiro atoms. The number of nitrogens with one attached hydrogen (secondary N) is 1. The number of carbonyl (C=O) groups is 1. The zero-order valence-electron chi connectivity index (χ0n) is 10.5. The first kappa shape index (κ1) is 14.1. The molecule has 0 saturated heterocycles. The van der Waals surface area contributed by atoms with Crippen LogP contribution in [0, 0.1) is 11.8 Å². The Morgan fingerprint density at radius 1 is 1.45 bits per heavy atom. The molecule has 3 N–H and O–H groups in total. The van der Waals surface area contributed by atoms with Gasteiger partial charge in [0, 0.05) is 17.2 Å². The lowest BCUT2D eigenvalue weighted by atomic mass is 10.1. The number of nitrogens with zero attached hydrogens (tertiary/aromatic N) is 1. The van der Waals surface area contributed by atoms with Crippen molar-refractivity contribution in [3.8, 4) is 11.8 Å². The number of hydrogen-bond donors (Lipinski definition) is 2. The van der Waals surface area contributed by atoms with Gasteiger partial charge in [-0.25, -0.2) is 0 Å². The molecule has 0 aliphatic carbocycles. The number of rotatable bonds is 3. The molecule has 5 nitrogen and oxygen atoms in total. The van der Waals surface area contributed by atoms with Crippen LogP contribution in [0.15, 0.2) is 35.1 Å². The Balaban J connectivity index is 2.05. The van der Waals surface area contributed by atoms with Gasteiger partial charge in [-0.3, -0.25) is 4.79 Å². The van der Waals surface area contributed by atoms with E-state index < -0.39 is 0 Å². The SMILES string of the molecule is NCC#Cc1ccc(C(=O)NCc2ccon2)cc1Cl. The standard InChI is InChI=1S/C14H12ClN3O2/c15-13-8-11(4-3-10(13)2-1-6-16)14(19)17-9-12-5-7-20-18-12/h3-5,7-8H,6,9,16H2,(H,17,19). The molecule has 0 aliphatic heterocycles. The Hall–Kier alpha value is -2.29. The molecule has 0 fully saturated rings. The molecule has 0 atom stereocenters. The zero-order chi connectivity index (χ0) is 14.4. The van der Waals surface area contributed by atoms with Crippen molar-refractivity contribution in [3.63, 3.8) is 0 Å². The molecule has 0 saturated carbocycles. The lowest BCUT2D eigenvalue weighted by molar-refractivity contribution is 0.0950. The van der Waals surface area contributed by atoms with Gasteiger partial charge in [0.2, 0.25) is 0 Å². The van der Waals surface area contributed by atoms with Crippen molar-refractivity contribution in [3.05, 3.63) is 52.4 Å². The van der Waals surface area contributed by atoms with Crippen LogP contribution >= 0.6 is 11.6 Å². The molecule has 102 valence electrons. The predicted molar refractivity (Wildman–Crippen MR) is 75.1 cm³/mol. The average molecular weight is 290 g/mol. The second-order valence-electron chi connectivity index (χ2n) is 3.87. The molecule has 0 radical (unpaired) electrons. The Bertz CT molecular complexity index is 657. The van der Waals surface area contributed by atoms with E-state index in [2.05, 4.69) is 26.8 Å². The van der Waals surface area contributed by atoms with E-state index in [1.165, 1.54) is 6.26 Å². The number of amides is 1. The highest BCUT2D eigenvalue weighted by Crippen LogP contribution is 2.17. The van der Waals surface area contributed by atoms with Crippen LogP contribution in [-0.2, 0) is 6.54 Å². The molecule has 2 rings (SSSR count). The van der Waals surface area contributed by atoms with Gasteiger partial charge >= 0.3 is 0 Å². The van der Waals surface area contributed by atoms with Gasteiger partial charge in [0.25, 0.3) is 5.91 Å². The van der Waals surface area contributed by atoms with Crippen LogP contribution in [0.3, 0.4) is 0 Å². The van der Waals surface area contributed by atoms with Gasteiger partial charge in [-0.1, -0.05) is 28.6 Å². The Labute approximate surface area is 121 Å². The largest absolute Gasteiger partial charge is 0.364 e. The first-order chi connectivity index (χ1) is 9.70. The minimum atomic E-state index is -0.242. The molecule has 20 heavy (non-hydrogen) atoms. The van der Waals surface area contributed by atoms with Crippen LogP contribution in [-0.4, -0.2) is 17.6 Å². The number of nitrogens with two attached hydrogens (primary N) is 1. The fraction of sp³-hybridized carbons (Fsp3) is 0.143. The third-order valence-corrected chi connectivity index (χ3v) is 2.79. The van der Waals surface area contributed by atoms with E-state index in [1.807, 2.05) is 0 Å². The highest BCUT2D eigenvalue weighted by Gasteiger charge is 2.08. The Kier molecular flexibility index (Phi) is 4.77. The molecule has 0 unspecified atom stereocenters. The van der Waals surface area contributed by atoms with Crippen molar-refractivity contribution in [2.75, 3.05) is 6.54 Å². The van der Waals surface area contributed by atoms with Gasteiger partial charge < -0.3 is 15.6 Å². The van der Waals surface area contributed by atoms with Crippen molar-refractivity contribution in [1.82, 2.24) is 10.5 Å². The summed E-state index contributed by atoms with van der Waals surface area (Å²) in [5.41, 5.74) is 7.04. The van der Waals surface area contributed by atoms with E-state index in [0.717, 1.165) is 0 Å². The molecule has 0 aliphatic rings. The maximum absolute atomic E-state index is 11.9. The number of hydrogen-bond acceptors (Lipinski definition) is 4. The normalized spacial score (nSPS) is 9.70. The maximum atomic E-state index is 11.9. The molecule has 6 heteroatoms. The second-order valence-corrected chi connectivity index (χ2v) is 4.28. The Morgan fingerprint density at radius 2 is 2.30 bits per heavy atom. The zero-order valence-corrected chi connectivity index (χ0v) is 11.3. The summed E-state index contributed by atoms with van der Waals surface area (Å²) in [5, 5.41) is 6.83. The average Bonchev–Trinajstić information content (AvgIpc) is 2.96. The maximum Gasteiger partial charge on any atom is 0.251 e. The lowest BCUT2D eigenvalue weighted by Gasteiger charge is -2.04. The van der Waals surface area contributed by atoms with E-state index in [-0.39, 0.29) is 12.5 Å². The number of carbonyl (C=O) groups excluding carboxylic acids is 1. The molecular formula is C14H12ClN3O2. The van der Waals surface area contributed by atoms with Crippen LogP contribution in [0.1, 0.15) is 21.6 Å². The van der Waals surface area contributed by atoms with Crippen LogP contribution in [0.25, 0.3) is 0 Å². The van der Waals surface area contributed by atoms with Crippen LogP contribution in [0.4, 0.5) is 0 Å². The molecule has 1 heterocycles. The fourth-order valence-electron chi connectivity index (χ4n) is 1.51. The highest BCUT2D eigenvalue weighted by molar-refractivity contribution is 6.32. The first-order valence-corrected chi connectivity index (χ1v) is 6.24. The van der Waals surface area contributed by atoms with E-state index in [4.69, 9.17) is 17.3 Å². The van der Waals surface area contributed by atoms with E-state index >= 15 is 0 Å². The van der Waals surface area contributed by atoms with Crippen LogP contribution < -0.4 is 11.1 Å². The number of halogens is 1. The lowest BCUT2D eigenvalue weighted by Crippen LogP contribution is -2.22. The fourth-order valence-corrected chi connectivity index (χ4v) is 1.73. The second kappa shape index (κ2) is 6.75. The van der Waals surface area contributed by atoms with Crippen molar-refractivity contribution < 1.29 is 9.32 Å². The summed E-state index contributed by atoms with van der Waals surface area (Å²) in [6, 6.07) is 6.60. The summed E-state index contributed by atoms with van der Waals surface area (Å²) in [6.45, 7) is 0.554. The summed E-state index contributed by atoms with van der Waals surface area (Å²) in [7, 11) is 0. The van der Waals surface area contributed by atoms with Gasteiger partial charge in [0.05, 0.1) is 18.1 Å². The van der Waals surface area contributed by atoms with Crippen molar-refractivity contribution >= 4 is 17.5 Å². The highest BCUT2D eigenvalue weighted by atomic mass is 35.5. The first-order valence-electron chi connectivity index (χ1n) is 5.86. The predicted octanol–water partition coefficient (Wildman–Crippen LogP) is 1.57. The smallest absolute Gasteiger partial charge is 0.251 e. The number of aromatic nitrogens is 1. The topological polar surface area (TPSA) is 81.2 Å². The molecule has 1 aromatic carbocycles. The molecular weight excluding hydrogens is 278 g/mol. The van der Waals surface area contributed by atoms with Crippen LogP contribution in [0.5, 0.6) is 0 Å². The third kappa shape index (κ3) is 3.60. The van der Waals surface area contributed by atoms with Crippen molar-refractivity contribution in [2.45, 2.75) is 6.54 Å².